The predicted molar refractivity (Wildman–Crippen MR) is 94.7 cm³/mol. The van der Waals surface area contributed by atoms with Crippen LogP contribution in [0.15, 0.2) is 24.4 Å². The molecule has 134 valence electrons. The number of benzene rings is 1. The normalized spacial score (nSPS) is 15.1. The Kier molecular flexibility index (Phi) is 5.65. The van der Waals surface area contributed by atoms with Gasteiger partial charge in [0, 0.05) is 12.1 Å². The van der Waals surface area contributed by atoms with Gasteiger partial charge in [0.15, 0.2) is 5.69 Å². The number of amides is 1. The van der Waals surface area contributed by atoms with Crippen molar-refractivity contribution >= 4 is 5.91 Å². The second kappa shape index (κ2) is 8.11. The lowest BCUT2D eigenvalue weighted by molar-refractivity contribution is 0.0945. The minimum Gasteiger partial charge on any atom is -0.494 e. The molecule has 1 aromatic heterocycles. The Morgan fingerprint density at radius 3 is 2.96 bits per heavy atom. The first-order valence-corrected chi connectivity index (χ1v) is 8.80. The number of ether oxygens (including phenoxy) is 1. The third kappa shape index (κ3) is 4.36. The molecule has 2 heterocycles. The molecule has 0 unspecified atom stereocenters. The van der Waals surface area contributed by atoms with E-state index in [1.165, 1.54) is 0 Å². The summed E-state index contributed by atoms with van der Waals surface area (Å²) in [5.74, 6) is 0.587. The maximum atomic E-state index is 12.4. The summed E-state index contributed by atoms with van der Waals surface area (Å²) < 4.78 is 7.46. The number of rotatable bonds is 6. The molecule has 0 saturated carbocycles. The van der Waals surface area contributed by atoms with Gasteiger partial charge < -0.3 is 15.4 Å². The molecule has 1 fully saturated rings. The number of nitrogens with one attached hydrogen (secondary N) is 2. The number of aromatic nitrogens is 3. The Balaban J connectivity index is 1.62. The van der Waals surface area contributed by atoms with Crippen LogP contribution >= 0.6 is 0 Å². The molecule has 2 N–H and O–H groups in total. The lowest BCUT2D eigenvalue weighted by atomic mass is 10.1. The second-order valence-corrected chi connectivity index (χ2v) is 6.29. The summed E-state index contributed by atoms with van der Waals surface area (Å²) in [5, 5.41) is 14.4. The van der Waals surface area contributed by atoms with E-state index in [4.69, 9.17) is 4.74 Å². The summed E-state index contributed by atoms with van der Waals surface area (Å²) >= 11 is 0. The van der Waals surface area contributed by atoms with Crippen LogP contribution in [0, 0.1) is 6.92 Å². The van der Waals surface area contributed by atoms with Crippen molar-refractivity contribution in [3.63, 3.8) is 0 Å². The molecule has 1 saturated heterocycles. The highest BCUT2D eigenvalue weighted by atomic mass is 16.5. The van der Waals surface area contributed by atoms with Gasteiger partial charge >= 0.3 is 0 Å². The van der Waals surface area contributed by atoms with Gasteiger partial charge in [-0.3, -0.25) is 4.79 Å². The van der Waals surface area contributed by atoms with Crippen molar-refractivity contribution in [1.29, 1.82) is 0 Å². The summed E-state index contributed by atoms with van der Waals surface area (Å²) in [7, 11) is 0. The highest BCUT2D eigenvalue weighted by molar-refractivity contribution is 5.91. The zero-order valence-electron chi connectivity index (χ0n) is 14.8. The van der Waals surface area contributed by atoms with Gasteiger partial charge in [-0.2, -0.15) is 0 Å². The Morgan fingerprint density at radius 1 is 1.40 bits per heavy atom. The average molecular weight is 343 g/mol. The van der Waals surface area contributed by atoms with Gasteiger partial charge in [0.25, 0.3) is 5.91 Å². The lowest BCUT2D eigenvalue weighted by Crippen LogP contribution is -2.29. The standard InChI is InChI=1S/C18H25N5O2/c1-3-25-17-10-13(2)4-5-14(17)11-20-18(24)16-12-23(22-21-16)15-6-8-19-9-7-15/h4-5,10,12,15,19H,3,6-9,11H2,1-2H3,(H,20,24). The number of hydrogen-bond acceptors (Lipinski definition) is 5. The van der Waals surface area contributed by atoms with E-state index in [-0.39, 0.29) is 5.91 Å². The molecule has 2 aromatic rings. The van der Waals surface area contributed by atoms with E-state index in [0.29, 0.717) is 24.9 Å². The van der Waals surface area contributed by atoms with Crippen LogP contribution in [0.25, 0.3) is 0 Å². The van der Waals surface area contributed by atoms with Crippen LogP contribution in [0.5, 0.6) is 5.75 Å². The van der Waals surface area contributed by atoms with Gasteiger partial charge in [-0.15, -0.1) is 5.10 Å². The van der Waals surface area contributed by atoms with Gasteiger partial charge in [0.05, 0.1) is 18.8 Å². The molecule has 1 aromatic carbocycles. The molecule has 1 aliphatic heterocycles. The molecule has 7 nitrogen and oxygen atoms in total. The van der Waals surface area contributed by atoms with E-state index in [9.17, 15) is 4.79 Å². The minimum absolute atomic E-state index is 0.219. The molecule has 25 heavy (non-hydrogen) atoms. The van der Waals surface area contributed by atoms with Crippen LogP contribution in [0.4, 0.5) is 0 Å². The summed E-state index contributed by atoms with van der Waals surface area (Å²) in [6.45, 7) is 6.90. The molecule has 0 aliphatic carbocycles. The molecule has 1 aliphatic rings. The molecule has 7 heteroatoms. The Hall–Kier alpha value is -2.41. The van der Waals surface area contributed by atoms with Crippen LogP contribution < -0.4 is 15.4 Å². The first kappa shape index (κ1) is 17.4. The van der Waals surface area contributed by atoms with Gasteiger partial charge in [0.1, 0.15) is 5.75 Å². The molecular weight excluding hydrogens is 318 g/mol. The fourth-order valence-electron chi connectivity index (χ4n) is 2.99. The van der Waals surface area contributed by atoms with Crippen LogP contribution in [-0.2, 0) is 6.54 Å². The van der Waals surface area contributed by atoms with E-state index in [2.05, 4.69) is 20.9 Å². The molecule has 0 atom stereocenters. The summed E-state index contributed by atoms with van der Waals surface area (Å²) in [5.41, 5.74) is 2.43. The summed E-state index contributed by atoms with van der Waals surface area (Å²) in [4.78, 5) is 12.4. The van der Waals surface area contributed by atoms with Crippen LogP contribution in [0.3, 0.4) is 0 Å². The molecular formula is C18H25N5O2. The van der Waals surface area contributed by atoms with E-state index in [0.717, 1.165) is 42.8 Å². The van der Waals surface area contributed by atoms with Crippen molar-refractivity contribution in [2.75, 3.05) is 19.7 Å². The molecule has 0 radical (unpaired) electrons. The quantitative estimate of drug-likeness (QED) is 0.836. The first-order chi connectivity index (χ1) is 12.2. The third-order valence-electron chi connectivity index (χ3n) is 4.39. The Bertz CT molecular complexity index is 722. The lowest BCUT2D eigenvalue weighted by Gasteiger charge is -2.22. The van der Waals surface area contributed by atoms with Crippen LogP contribution in [0.1, 0.15) is 47.4 Å². The van der Waals surface area contributed by atoms with Crippen LogP contribution in [0.2, 0.25) is 0 Å². The van der Waals surface area contributed by atoms with E-state index in [1.54, 1.807) is 6.20 Å². The van der Waals surface area contributed by atoms with Crippen molar-refractivity contribution in [2.45, 2.75) is 39.3 Å². The average Bonchev–Trinajstić information content (AvgIpc) is 3.12. The van der Waals surface area contributed by atoms with Gasteiger partial charge in [0.2, 0.25) is 0 Å². The highest BCUT2D eigenvalue weighted by Crippen LogP contribution is 2.20. The largest absolute Gasteiger partial charge is 0.494 e. The second-order valence-electron chi connectivity index (χ2n) is 6.29. The SMILES string of the molecule is CCOc1cc(C)ccc1CNC(=O)c1cn(C2CCNCC2)nn1. The van der Waals surface area contributed by atoms with Crippen molar-refractivity contribution in [1.82, 2.24) is 25.6 Å². The fourth-order valence-corrected chi connectivity index (χ4v) is 2.99. The minimum atomic E-state index is -0.219. The summed E-state index contributed by atoms with van der Waals surface area (Å²) in [6.07, 6.45) is 3.75. The number of carbonyl (C=O) groups is 1. The number of hydrogen-bond donors (Lipinski definition) is 2. The van der Waals surface area contributed by atoms with Gasteiger partial charge in [-0.1, -0.05) is 17.3 Å². The smallest absolute Gasteiger partial charge is 0.273 e. The van der Waals surface area contributed by atoms with E-state index < -0.39 is 0 Å². The zero-order valence-corrected chi connectivity index (χ0v) is 14.8. The first-order valence-electron chi connectivity index (χ1n) is 8.80. The number of piperidine rings is 1. The number of aryl methyl sites for hydroxylation is 1. The molecule has 1 amide bonds. The van der Waals surface area contributed by atoms with Gasteiger partial charge in [-0.05, 0) is 51.4 Å². The maximum absolute atomic E-state index is 12.4. The topological polar surface area (TPSA) is 81.1 Å². The van der Waals surface area contributed by atoms with E-state index >= 15 is 0 Å². The monoisotopic (exact) mass is 343 g/mol. The molecule has 0 spiro atoms. The van der Waals surface area contributed by atoms with Crippen molar-refractivity contribution < 1.29 is 9.53 Å². The zero-order chi connectivity index (χ0) is 17.6. The third-order valence-corrected chi connectivity index (χ3v) is 4.39. The maximum Gasteiger partial charge on any atom is 0.273 e. The Labute approximate surface area is 147 Å². The highest BCUT2D eigenvalue weighted by Gasteiger charge is 2.18. The Morgan fingerprint density at radius 2 is 2.20 bits per heavy atom. The fraction of sp³-hybridized carbons (Fsp3) is 0.500. The van der Waals surface area contributed by atoms with Crippen molar-refractivity contribution in [3.05, 3.63) is 41.2 Å². The van der Waals surface area contributed by atoms with Crippen molar-refractivity contribution in [3.8, 4) is 5.75 Å². The summed E-state index contributed by atoms with van der Waals surface area (Å²) in [6, 6.07) is 6.29. The predicted octanol–water partition coefficient (Wildman–Crippen LogP) is 1.84. The number of nitrogens with zero attached hydrogens (tertiary/aromatic N) is 3. The molecule has 0 bridgehead atoms. The number of carbonyl (C=O) groups excluding carboxylic acids is 1. The molecule has 3 rings (SSSR count). The van der Waals surface area contributed by atoms with Crippen LogP contribution in [-0.4, -0.2) is 40.6 Å². The van der Waals surface area contributed by atoms with E-state index in [1.807, 2.05) is 36.7 Å². The van der Waals surface area contributed by atoms with Gasteiger partial charge in [-0.25, -0.2) is 4.68 Å². The van der Waals surface area contributed by atoms with Crippen molar-refractivity contribution in [2.24, 2.45) is 0 Å².